The number of aliphatic carboxylic acids is 1. The molecule has 2 rings (SSSR count). The van der Waals surface area contributed by atoms with E-state index < -0.39 is 11.9 Å². The third kappa shape index (κ3) is 2.99. The molecule has 3 nitrogen and oxygen atoms in total. The first-order valence-corrected chi connectivity index (χ1v) is 6.24. The number of carboxylic acids is 1. The number of hydrogen-bond donors (Lipinski definition) is 1. The van der Waals surface area contributed by atoms with Gasteiger partial charge in [-0.1, -0.05) is 42.8 Å². The lowest BCUT2D eigenvalue weighted by molar-refractivity contribution is -0.137. The van der Waals surface area contributed by atoms with Crippen LogP contribution in [0.2, 0.25) is 0 Å². The highest BCUT2D eigenvalue weighted by Crippen LogP contribution is 2.20. The minimum atomic E-state index is -0.947. The molecule has 0 heterocycles. The Bertz CT molecular complexity index is 643. The van der Waals surface area contributed by atoms with E-state index in [2.05, 4.69) is 6.07 Å². The number of benzene rings is 2. The third-order valence-corrected chi connectivity index (χ3v) is 3.21. The molecule has 0 aliphatic rings. The maximum absolute atomic E-state index is 12.1. The molecule has 3 heteroatoms. The van der Waals surface area contributed by atoms with Gasteiger partial charge in [0.1, 0.15) is 0 Å². The first-order valence-electron chi connectivity index (χ1n) is 6.24. The summed E-state index contributed by atoms with van der Waals surface area (Å²) in [5, 5.41) is 10.8. The van der Waals surface area contributed by atoms with Crippen molar-refractivity contribution in [3.8, 4) is 0 Å². The molecule has 1 atom stereocenters. The van der Waals surface area contributed by atoms with Crippen molar-refractivity contribution in [2.75, 3.05) is 0 Å². The fraction of sp³-hybridized carbons (Fsp3) is 0.250. The number of carboxylic acid groups (broad SMARTS) is 1. The molecular formula is C16H16O3. The van der Waals surface area contributed by atoms with Gasteiger partial charge in [0.05, 0.1) is 6.42 Å². The zero-order valence-corrected chi connectivity index (χ0v) is 11.0. The lowest BCUT2D eigenvalue weighted by Crippen LogP contribution is -2.15. The molecule has 19 heavy (non-hydrogen) atoms. The number of aryl methyl sites for hydroxylation is 1. The summed E-state index contributed by atoms with van der Waals surface area (Å²) in [6, 6.07) is 11.5. The first-order chi connectivity index (χ1) is 8.97. The van der Waals surface area contributed by atoms with Crippen LogP contribution in [-0.2, 0) is 4.79 Å². The predicted octanol–water partition coefficient (Wildman–Crippen LogP) is 3.44. The molecule has 1 unspecified atom stereocenters. The Morgan fingerprint density at radius 3 is 2.42 bits per heavy atom. The molecule has 0 aromatic heterocycles. The van der Waals surface area contributed by atoms with Gasteiger partial charge in [-0.3, -0.25) is 9.59 Å². The molecule has 0 saturated carbocycles. The van der Waals surface area contributed by atoms with E-state index in [1.165, 1.54) is 5.56 Å². The van der Waals surface area contributed by atoms with Crippen molar-refractivity contribution >= 4 is 22.5 Å². The van der Waals surface area contributed by atoms with E-state index in [0.717, 1.165) is 10.8 Å². The summed E-state index contributed by atoms with van der Waals surface area (Å²) in [6.45, 7) is 3.67. The minimum absolute atomic E-state index is 0.120. The van der Waals surface area contributed by atoms with Crippen LogP contribution >= 0.6 is 0 Å². The van der Waals surface area contributed by atoms with Crippen molar-refractivity contribution < 1.29 is 14.7 Å². The number of rotatable bonds is 4. The van der Waals surface area contributed by atoms with Crippen molar-refractivity contribution in [2.45, 2.75) is 20.3 Å². The van der Waals surface area contributed by atoms with Crippen LogP contribution < -0.4 is 0 Å². The van der Waals surface area contributed by atoms with Crippen molar-refractivity contribution in [1.29, 1.82) is 0 Å². The Hall–Kier alpha value is -2.16. The summed E-state index contributed by atoms with van der Waals surface area (Å²) in [6.07, 6.45) is -0.134. The molecule has 0 aliphatic heterocycles. The first kappa shape index (κ1) is 13.3. The van der Waals surface area contributed by atoms with Crippen LogP contribution in [0.3, 0.4) is 0 Å². The molecule has 0 bridgehead atoms. The second kappa shape index (κ2) is 5.22. The summed E-state index contributed by atoms with van der Waals surface area (Å²) in [5.41, 5.74) is 1.75. The van der Waals surface area contributed by atoms with E-state index >= 15 is 0 Å². The SMILES string of the molecule is Cc1ccc2cc(C(=O)C(C)CC(=O)O)ccc2c1. The highest BCUT2D eigenvalue weighted by Gasteiger charge is 2.18. The summed E-state index contributed by atoms with van der Waals surface area (Å²) >= 11 is 0. The maximum Gasteiger partial charge on any atom is 0.304 e. The number of carbonyl (C=O) groups is 2. The van der Waals surface area contributed by atoms with Gasteiger partial charge in [0.25, 0.3) is 0 Å². The van der Waals surface area contributed by atoms with E-state index in [1.807, 2.05) is 31.2 Å². The van der Waals surface area contributed by atoms with E-state index in [1.54, 1.807) is 13.0 Å². The number of carbonyl (C=O) groups excluding carboxylic acids is 1. The highest BCUT2D eigenvalue weighted by molar-refractivity contribution is 6.02. The van der Waals surface area contributed by atoms with Crippen LogP contribution in [0.25, 0.3) is 10.8 Å². The summed E-state index contributed by atoms with van der Waals surface area (Å²) in [7, 11) is 0. The normalized spacial score (nSPS) is 12.3. The van der Waals surface area contributed by atoms with Crippen LogP contribution in [-0.4, -0.2) is 16.9 Å². The number of fused-ring (bicyclic) bond motifs is 1. The van der Waals surface area contributed by atoms with Gasteiger partial charge in [-0.25, -0.2) is 0 Å². The Kier molecular flexibility index (Phi) is 3.65. The third-order valence-electron chi connectivity index (χ3n) is 3.21. The van der Waals surface area contributed by atoms with E-state index in [0.29, 0.717) is 5.56 Å². The van der Waals surface area contributed by atoms with Crippen LogP contribution in [0.1, 0.15) is 29.3 Å². The second-order valence-corrected chi connectivity index (χ2v) is 4.93. The monoisotopic (exact) mass is 256 g/mol. The molecule has 2 aromatic rings. The number of ketones is 1. The van der Waals surface area contributed by atoms with E-state index in [4.69, 9.17) is 5.11 Å². The van der Waals surface area contributed by atoms with Crippen LogP contribution in [0, 0.1) is 12.8 Å². The number of hydrogen-bond acceptors (Lipinski definition) is 2. The molecule has 2 aromatic carbocycles. The number of Topliss-reactive ketones (excluding diaryl/α,β-unsaturated/α-hetero) is 1. The van der Waals surface area contributed by atoms with Crippen LogP contribution in [0.5, 0.6) is 0 Å². The van der Waals surface area contributed by atoms with Crippen molar-refractivity contribution in [1.82, 2.24) is 0 Å². The zero-order valence-electron chi connectivity index (χ0n) is 11.0. The highest BCUT2D eigenvalue weighted by atomic mass is 16.4. The van der Waals surface area contributed by atoms with Crippen molar-refractivity contribution in [2.24, 2.45) is 5.92 Å². The molecule has 0 radical (unpaired) electrons. The Morgan fingerprint density at radius 1 is 1.11 bits per heavy atom. The fourth-order valence-corrected chi connectivity index (χ4v) is 2.16. The molecule has 0 amide bonds. The topological polar surface area (TPSA) is 54.4 Å². The maximum atomic E-state index is 12.1. The fourth-order valence-electron chi connectivity index (χ4n) is 2.16. The van der Waals surface area contributed by atoms with Gasteiger partial charge < -0.3 is 5.11 Å². The summed E-state index contributed by atoms with van der Waals surface area (Å²) < 4.78 is 0. The van der Waals surface area contributed by atoms with Gasteiger partial charge in [0, 0.05) is 11.5 Å². The molecule has 0 aliphatic carbocycles. The molecular weight excluding hydrogens is 240 g/mol. The Labute approximate surface area is 111 Å². The van der Waals surface area contributed by atoms with E-state index in [-0.39, 0.29) is 12.2 Å². The summed E-state index contributed by atoms with van der Waals surface area (Å²) in [4.78, 5) is 22.8. The molecule has 1 N–H and O–H groups in total. The van der Waals surface area contributed by atoms with Crippen LogP contribution in [0.15, 0.2) is 36.4 Å². The minimum Gasteiger partial charge on any atom is -0.481 e. The summed E-state index contributed by atoms with van der Waals surface area (Å²) in [5.74, 6) is -1.57. The molecule has 0 spiro atoms. The van der Waals surface area contributed by atoms with Gasteiger partial charge in [0.2, 0.25) is 0 Å². The van der Waals surface area contributed by atoms with Gasteiger partial charge in [-0.15, -0.1) is 0 Å². The average molecular weight is 256 g/mol. The molecule has 0 fully saturated rings. The molecule has 98 valence electrons. The average Bonchev–Trinajstić information content (AvgIpc) is 2.36. The van der Waals surface area contributed by atoms with Crippen LogP contribution in [0.4, 0.5) is 0 Å². The van der Waals surface area contributed by atoms with Crippen molar-refractivity contribution in [3.63, 3.8) is 0 Å². The predicted molar refractivity (Wildman–Crippen MR) is 74.4 cm³/mol. The Balaban J connectivity index is 2.33. The van der Waals surface area contributed by atoms with Gasteiger partial charge in [-0.2, -0.15) is 0 Å². The van der Waals surface area contributed by atoms with Gasteiger partial charge >= 0.3 is 5.97 Å². The smallest absolute Gasteiger partial charge is 0.304 e. The van der Waals surface area contributed by atoms with Crippen molar-refractivity contribution in [3.05, 3.63) is 47.5 Å². The molecule has 0 saturated heterocycles. The standard InChI is InChI=1S/C16H16O3/c1-10-3-4-13-9-14(6-5-12(13)7-10)16(19)11(2)8-15(17)18/h3-7,9,11H,8H2,1-2H3,(H,17,18). The lowest BCUT2D eigenvalue weighted by Gasteiger charge is -2.09. The van der Waals surface area contributed by atoms with E-state index in [9.17, 15) is 9.59 Å². The Morgan fingerprint density at radius 2 is 1.74 bits per heavy atom. The van der Waals surface area contributed by atoms with Gasteiger partial charge in [0.15, 0.2) is 5.78 Å². The lowest BCUT2D eigenvalue weighted by atomic mass is 9.94. The second-order valence-electron chi connectivity index (χ2n) is 4.93. The van der Waals surface area contributed by atoms with Gasteiger partial charge in [-0.05, 0) is 23.8 Å². The zero-order chi connectivity index (χ0) is 14.0. The largest absolute Gasteiger partial charge is 0.481 e. The quantitative estimate of drug-likeness (QED) is 0.852.